The molecule has 220 valence electrons. The number of carbonyl (C=O) groups excluding carboxylic acids is 4. The van der Waals surface area contributed by atoms with Crippen LogP contribution in [0.25, 0.3) is 0 Å². The molecule has 1 aromatic rings. The predicted molar refractivity (Wildman–Crippen MR) is 145 cm³/mol. The standard InChI is InChI=1S/C29H45NO9/c1-17(2)9-13-26(31)38-24-12-11-22(16-25(24)39-27(32)14-10-18(3)4)15-23(30)28(33)36-20(7)21(8)37-29(34)35-19(5)6/h11-12,16-21,23H,9-10,13-15,30H2,1-8H3/t20-,21?,23-/m0/s1. The van der Waals surface area contributed by atoms with E-state index < -0.39 is 42.3 Å². The molecule has 2 N–H and O–H groups in total. The van der Waals surface area contributed by atoms with Crippen LogP contribution in [0.2, 0.25) is 0 Å². The summed E-state index contributed by atoms with van der Waals surface area (Å²) in [6, 6.07) is 3.64. The number of hydrogen-bond acceptors (Lipinski definition) is 10. The van der Waals surface area contributed by atoms with Gasteiger partial charge in [0.15, 0.2) is 11.5 Å². The highest BCUT2D eigenvalue weighted by molar-refractivity contribution is 5.77. The second-order valence-electron chi connectivity index (χ2n) is 10.8. The molecule has 0 bridgehead atoms. The molecule has 0 saturated carbocycles. The van der Waals surface area contributed by atoms with E-state index in [-0.39, 0.29) is 36.9 Å². The molecule has 0 aliphatic carbocycles. The van der Waals surface area contributed by atoms with Crippen molar-refractivity contribution < 1.29 is 42.9 Å². The Bertz CT molecular complexity index is 958. The Hall–Kier alpha value is -3.14. The molecule has 0 saturated heterocycles. The van der Waals surface area contributed by atoms with Crippen molar-refractivity contribution >= 4 is 24.1 Å². The molecule has 0 radical (unpaired) electrons. The molecule has 0 amide bonds. The van der Waals surface area contributed by atoms with Gasteiger partial charge < -0.3 is 29.4 Å². The van der Waals surface area contributed by atoms with Crippen molar-refractivity contribution in [2.75, 3.05) is 0 Å². The largest absolute Gasteiger partial charge is 0.508 e. The maximum atomic E-state index is 12.6. The Balaban J connectivity index is 2.92. The van der Waals surface area contributed by atoms with E-state index in [0.29, 0.717) is 30.2 Å². The van der Waals surface area contributed by atoms with Crippen LogP contribution in [0, 0.1) is 11.8 Å². The number of nitrogens with two attached hydrogens (primary N) is 1. The molecule has 1 unspecified atom stereocenters. The fraction of sp³-hybridized carbons (Fsp3) is 0.655. The summed E-state index contributed by atoms with van der Waals surface area (Å²) in [7, 11) is 0. The first-order valence-corrected chi connectivity index (χ1v) is 13.6. The van der Waals surface area contributed by atoms with Gasteiger partial charge >= 0.3 is 24.1 Å². The van der Waals surface area contributed by atoms with Gasteiger partial charge in [0.25, 0.3) is 0 Å². The van der Waals surface area contributed by atoms with Crippen LogP contribution >= 0.6 is 0 Å². The molecule has 0 aromatic heterocycles. The molecule has 10 nitrogen and oxygen atoms in total. The number of hydrogen-bond donors (Lipinski definition) is 1. The summed E-state index contributed by atoms with van der Waals surface area (Å²) in [6.45, 7) is 14.6. The summed E-state index contributed by atoms with van der Waals surface area (Å²) < 4.78 is 26.4. The van der Waals surface area contributed by atoms with E-state index in [4.69, 9.17) is 29.4 Å². The zero-order chi connectivity index (χ0) is 29.7. The monoisotopic (exact) mass is 551 g/mol. The third-order valence-electron chi connectivity index (χ3n) is 5.64. The normalized spacial score (nSPS) is 13.5. The second kappa shape index (κ2) is 16.7. The lowest BCUT2D eigenvalue weighted by molar-refractivity contribution is -0.155. The van der Waals surface area contributed by atoms with Crippen LogP contribution in [-0.2, 0) is 35.0 Å². The average molecular weight is 552 g/mol. The highest BCUT2D eigenvalue weighted by Gasteiger charge is 2.25. The smallest absolute Gasteiger partial charge is 0.458 e. The summed E-state index contributed by atoms with van der Waals surface area (Å²) in [4.78, 5) is 49.0. The Kier molecular flexibility index (Phi) is 14.5. The van der Waals surface area contributed by atoms with Crippen molar-refractivity contribution in [1.29, 1.82) is 0 Å². The molecule has 39 heavy (non-hydrogen) atoms. The van der Waals surface area contributed by atoms with E-state index in [1.807, 2.05) is 27.7 Å². The summed E-state index contributed by atoms with van der Waals surface area (Å²) in [5, 5.41) is 0. The van der Waals surface area contributed by atoms with Crippen LogP contribution < -0.4 is 15.2 Å². The van der Waals surface area contributed by atoms with E-state index >= 15 is 0 Å². The summed E-state index contributed by atoms with van der Waals surface area (Å²) >= 11 is 0. The highest BCUT2D eigenvalue weighted by atomic mass is 16.7. The van der Waals surface area contributed by atoms with Gasteiger partial charge in [0.2, 0.25) is 0 Å². The first-order valence-electron chi connectivity index (χ1n) is 13.6. The SMILES string of the molecule is CC(C)CCC(=O)Oc1ccc(C[C@H](N)C(=O)O[C@@H](C)C(C)OC(=O)OC(C)C)cc1OC(=O)CCC(C)C. The van der Waals surface area contributed by atoms with Gasteiger partial charge in [-0.25, -0.2) is 4.79 Å². The topological polar surface area (TPSA) is 140 Å². The molecule has 1 rings (SSSR count). The Morgan fingerprint density at radius 2 is 1.23 bits per heavy atom. The van der Waals surface area contributed by atoms with Gasteiger partial charge in [-0.15, -0.1) is 0 Å². The molecule has 0 heterocycles. The number of rotatable bonds is 15. The third-order valence-corrected chi connectivity index (χ3v) is 5.64. The number of carbonyl (C=O) groups is 4. The zero-order valence-corrected chi connectivity index (χ0v) is 24.5. The van der Waals surface area contributed by atoms with Gasteiger partial charge in [0.05, 0.1) is 6.10 Å². The molecule has 0 spiro atoms. The Morgan fingerprint density at radius 3 is 1.74 bits per heavy atom. The predicted octanol–water partition coefficient (Wildman–Crippen LogP) is 5.12. The van der Waals surface area contributed by atoms with E-state index in [9.17, 15) is 19.2 Å². The van der Waals surface area contributed by atoms with Gasteiger partial charge in [-0.3, -0.25) is 14.4 Å². The van der Waals surface area contributed by atoms with Gasteiger partial charge in [0, 0.05) is 12.8 Å². The van der Waals surface area contributed by atoms with E-state index in [2.05, 4.69) is 0 Å². The minimum absolute atomic E-state index is 0.0638. The minimum atomic E-state index is -1.05. The van der Waals surface area contributed by atoms with Crippen molar-refractivity contribution in [3.8, 4) is 11.5 Å². The number of esters is 3. The molecule has 1 aromatic carbocycles. The zero-order valence-electron chi connectivity index (χ0n) is 24.5. The average Bonchev–Trinajstić information content (AvgIpc) is 2.82. The van der Waals surface area contributed by atoms with Gasteiger partial charge in [-0.2, -0.15) is 0 Å². The third kappa shape index (κ3) is 14.0. The Morgan fingerprint density at radius 1 is 0.718 bits per heavy atom. The van der Waals surface area contributed by atoms with Crippen LogP contribution in [0.3, 0.4) is 0 Å². The first kappa shape index (κ1) is 33.9. The van der Waals surface area contributed by atoms with Gasteiger partial charge in [-0.05, 0) is 76.5 Å². The fourth-order valence-corrected chi connectivity index (χ4v) is 3.18. The maximum absolute atomic E-state index is 12.6. The molecule has 3 atom stereocenters. The van der Waals surface area contributed by atoms with Crippen LogP contribution in [0.1, 0.15) is 86.6 Å². The lowest BCUT2D eigenvalue weighted by Crippen LogP contribution is -2.39. The van der Waals surface area contributed by atoms with E-state index in [1.165, 1.54) is 12.1 Å². The highest BCUT2D eigenvalue weighted by Crippen LogP contribution is 2.30. The van der Waals surface area contributed by atoms with E-state index in [1.54, 1.807) is 33.8 Å². The molecule has 10 heteroatoms. The molecule has 0 aliphatic rings. The maximum Gasteiger partial charge on any atom is 0.508 e. The lowest BCUT2D eigenvalue weighted by atomic mass is 10.1. The minimum Gasteiger partial charge on any atom is -0.458 e. The van der Waals surface area contributed by atoms with Crippen molar-refractivity contribution in [1.82, 2.24) is 0 Å². The van der Waals surface area contributed by atoms with Crippen molar-refractivity contribution in [2.24, 2.45) is 17.6 Å². The van der Waals surface area contributed by atoms with Gasteiger partial charge in [-0.1, -0.05) is 33.8 Å². The number of benzene rings is 1. The molecular formula is C29H45NO9. The summed E-state index contributed by atoms with van der Waals surface area (Å²) in [6.07, 6.45) is -0.914. The lowest BCUT2D eigenvalue weighted by Gasteiger charge is -2.22. The molecule has 0 fully saturated rings. The Labute approximate surface area is 231 Å². The fourth-order valence-electron chi connectivity index (χ4n) is 3.18. The van der Waals surface area contributed by atoms with Crippen molar-refractivity contribution in [3.63, 3.8) is 0 Å². The summed E-state index contributed by atoms with van der Waals surface area (Å²) in [5.41, 5.74) is 6.66. The summed E-state index contributed by atoms with van der Waals surface area (Å²) in [5.74, 6) is -0.733. The van der Waals surface area contributed by atoms with Crippen molar-refractivity contribution in [2.45, 2.75) is 112 Å². The molecule has 0 aliphatic heterocycles. The van der Waals surface area contributed by atoms with Gasteiger partial charge in [0.1, 0.15) is 18.2 Å². The first-order chi connectivity index (χ1) is 18.2. The van der Waals surface area contributed by atoms with Crippen LogP contribution in [0.4, 0.5) is 4.79 Å². The van der Waals surface area contributed by atoms with Crippen LogP contribution in [-0.4, -0.2) is 48.4 Å². The van der Waals surface area contributed by atoms with Crippen molar-refractivity contribution in [3.05, 3.63) is 23.8 Å². The second-order valence-corrected chi connectivity index (χ2v) is 10.8. The quantitative estimate of drug-likeness (QED) is 0.231. The van der Waals surface area contributed by atoms with Crippen LogP contribution in [0.5, 0.6) is 11.5 Å². The number of ether oxygens (including phenoxy) is 5. The molecular weight excluding hydrogens is 506 g/mol. The van der Waals surface area contributed by atoms with E-state index in [0.717, 1.165) is 0 Å². The van der Waals surface area contributed by atoms with Crippen LogP contribution in [0.15, 0.2) is 18.2 Å².